The van der Waals surface area contributed by atoms with E-state index in [9.17, 15) is 9.00 Å². The Morgan fingerprint density at radius 2 is 2.21 bits per heavy atom. The molecule has 0 aromatic heterocycles. The first-order valence-electron chi connectivity index (χ1n) is 4.31. The highest BCUT2D eigenvalue weighted by atomic mass is 79.9. The Kier molecular flexibility index (Phi) is 2.58. The molecule has 0 N–H and O–H groups in total. The number of carbonyl (C=O) groups is 1. The summed E-state index contributed by atoms with van der Waals surface area (Å²) in [7, 11) is -1.02. The normalized spacial score (nSPS) is 26.0. The smallest absolute Gasteiger partial charge is 0.167 e. The Labute approximate surface area is 93.3 Å². The molecule has 0 radical (unpaired) electrons. The second-order valence-corrected chi connectivity index (χ2v) is 5.80. The first-order valence-corrected chi connectivity index (χ1v) is 6.43. The third kappa shape index (κ3) is 1.57. The molecule has 1 aromatic rings. The van der Waals surface area contributed by atoms with E-state index in [-0.39, 0.29) is 11.7 Å². The molecular weight excluding hydrogens is 264 g/mol. The fourth-order valence-electron chi connectivity index (χ4n) is 1.55. The van der Waals surface area contributed by atoms with Crippen molar-refractivity contribution in [3.63, 3.8) is 0 Å². The molecule has 0 amide bonds. The zero-order valence-corrected chi connectivity index (χ0v) is 10.0. The summed E-state index contributed by atoms with van der Waals surface area (Å²) in [6, 6.07) is 5.34. The lowest BCUT2D eigenvalue weighted by atomic mass is 10.0. The van der Waals surface area contributed by atoms with E-state index in [1.54, 1.807) is 12.1 Å². The van der Waals surface area contributed by atoms with Gasteiger partial charge in [0.2, 0.25) is 0 Å². The lowest BCUT2D eigenvalue weighted by Crippen LogP contribution is -2.25. The summed E-state index contributed by atoms with van der Waals surface area (Å²) in [4.78, 5) is 12.4. The molecule has 1 aliphatic heterocycles. The Morgan fingerprint density at radius 3 is 2.93 bits per heavy atom. The van der Waals surface area contributed by atoms with Gasteiger partial charge in [0, 0.05) is 26.6 Å². The Balaban J connectivity index is 2.62. The number of hydrogen-bond acceptors (Lipinski definition) is 2. The zero-order chi connectivity index (χ0) is 10.3. The molecule has 1 aromatic carbocycles. The van der Waals surface area contributed by atoms with Gasteiger partial charge in [0.1, 0.15) is 0 Å². The van der Waals surface area contributed by atoms with Gasteiger partial charge in [-0.15, -0.1) is 0 Å². The molecule has 1 aliphatic rings. The second kappa shape index (κ2) is 3.59. The summed E-state index contributed by atoms with van der Waals surface area (Å²) in [5.41, 5.74) is 0.608. The topological polar surface area (TPSA) is 34.1 Å². The van der Waals surface area contributed by atoms with Crippen LogP contribution in [0.4, 0.5) is 0 Å². The van der Waals surface area contributed by atoms with Crippen LogP contribution in [0.25, 0.3) is 0 Å². The van der Waals surface area contributed by atoms with Crippen molar-refractivity contribution < 1.29 is 9.00 Å². The van der Waals surface area contributed by atoms with Crippen molar-refractivity contribution in [1.29, 1.82) is 0 Å². The van der Waals surface area contributed by atoms with Crippen LogP contribution in [0.3, 0.4) is 0 Å². The van der Waals surface area contributed by atoms with E-state index in [1.807, 2.05) is 13.0 Å². The highest BCUT2D eigenvalue weighted by Crippen LogP contribution is 2.27. The van der Waals surface area contributed by atoms with Crippen LogP contribution in [-0.2, 0) is 10.8 Å². The van der Waals surface area contributed by atoms with Crippen LogP contribution in [0.1, 0.15) is 17.3 Å². The summed E-state index contributed by atoms with van der Waals surface area (Å²) >= 11 is 3.31. The minimum Gasteiger partial charge on any atom is -0.294 e. The summed E-state index contributed by atoms with van der Waals surface area (Å²) < 4.78 is 12.6. The van der Waals surface area contributed by atoms with Crippen LogP contribution >= 0.6 is 15.9 Å². The van der Waals surface area contributed by atoms with E-state index in [0.29, 0.717) is 16.2 Å². The predicted octanol–water partition coefficient (Wildman–Crippen LogP) is 2.39. The third-order valence-corrected chi connectivity index (χ3v) is 4.44. The fraction of sp³-hybridized carbons (Fsp3) is 0.300. The monoisotopic (exact) mass is 272 g/mol. The summed E-state index contributed by atoms with van der Waals surface area (Å²) in [6.07, 6.45) is 0. The SMILES string of the molecule is CC1CS(=O)c2ccc(Br)cc2C1=O. The standard InChI is InChI=1S/C10H9BrO2S/c1-6-5-14(13)9-3-2-7(11)4-8(9)10(6)12/h2-4,6H,5H2,1H3. The lowest BCUT2D eigenvalue weighted by Gasteiger charge is -2.19. The van der Waals surface area contributed by atoms with Gasteiger partial charge in [0.05, 0.1) is 10.8 Å². The van der Waals surface area contributed by atoms with Crippen molar-refractivity contribution in [2.75, 3.05) is 5.75 Å². The third-order valence-electron chi connectivity index (χ3n) is 2.30. The number of benzene rings is 1. The number of halogens is 1. The molecule has 0 bridgehead atoms. The molecule has 0 saturated heterocycles. The second-order valence-electron chi connectivity index (χ2n) is 3.42. The average Bonchev–Trinajstić information content (AvgIpc) is 2.14. The highest BCUT2D eigenvalue weighted by Gasteiger charge is 2.28. The molecule has 0 fully saturated rings. The van der Waals surface area contributed by atoms with Gasteiger partial charge in [0.15, 0.2) is 5.78 Å². The maximum absolute atomic E-state index is 11.8. The molecular formula is C10H9BrO2S. The number of hydrogen-bond donors (Lipinski definition) is 0. The van der Waals surface area contributed by atoms with Crippen molar-refractivity contribution in [3.8, 4) is 0 Å². The predicted molar refractivity (Wildman–Crippen MR) is 58.9 cm³/mol. The van der Waals surface area contributed by atoms with Gasteiger partial charge in [-0.05, 0) is 18.2 Å². The van der Waals surface area contributed by atoms with Crippen LogP contribution < -0.4 is 0 Å². The van der Waals surface area contributed by atoms with Gasteiger partial charge in [0.25, 0.3) is 0 Å². The number of carbonyl (C=O) groups excluding carboxylic acids is 1. The first-order chi connectivity index (χ1) is 6.59. The number of fused-ring (bicyclic) bond motifs is 1. The quantitative estimate of drug-likeness (QED) is 0.727. The molecule has 2 atom stereocenters. The number of rotatable bonds is 0. The van der Waals surface area contributed by atoms with Crippen molar-refractivity contribution in [3.05, 3.63) is 28.2 Å². The number of Topliss-reactive ketones (excluding diaryl/α,β-unsaturated/α-hetero) is 1. The van der Waals surface area contributed by atoms with Gasteiger partial charge < -0.3 is 0 Å². The molecule has 0 saturated carbocycles. The zero-order valence-electron chi connectivity index (χ0n) is 7.62. The van der Waals surface area contributed by atoms with E-state index >= 15 is 0 Å². The molecule has 2 unspecified atom stereocenters. The molecule has 2 rings (SSSR count). The lowest BCUT2D eigenvalue weighted by molar-refractivity contribution is 0.0935. The first kappa shape index (κ1) is 10.1. The van der Waals surface area contributed by atoms with Crippen LogP contribution in [-0.4, -0.2) is 15.7 Å². The van der Waals surface area contributed by atoms with Gasteiger partial charge in [-0.2, -0.15) is 0 Å². The molecule has 14 heavy (non-hydrogen) atoms. The van der Waals surface area contributed by atoms with E-state index in [1.165, 1.54) is 0 Å². The largest absolute Gasteiger partial charge is 0.294 e. The van der Waals surface area contributed by atoms with Gasteiger partial charge in [-0.3, -0.25) is 9.00 Å². The molecule has 1 heterocycles. The van der Waals surface area contributed by atoms with Crippen molar-refractivity contribution in [1.82, 2.24) is 0 Å². The van der Waals surface area contributed by atoms with Crippen LogP contribution in [0.2, 0.25) is 0 Å². The molecule has 4 heteroatoms. The van der Waals surface area contributed by atoms with E-state index in [2.05, 4.69) is 15.9 Å². The minimum atomic E-state index is -1.02. The van der Waals surface area contributed by atoms with E-state index in [4.69, 9.17) is 0 Å². The van der Waals surface area contributed by atoms with Crippen molar-refractivity contribution in [2.45, 2.75) is 11.8 Å². The molecule has 0 spiro atoms. The number of ketones is 1. The van der Waals surface area contributed by atoms with Crippen LogP contribution in [0, 0.1) is 5.92 Å². The molecule has 74 valence electrons. The van der Waals surface area contributed by atoms with Crippen LogP contribution in [0.15, 0.2) is 27.6 Å². The molecule has 2 nitrogen and oxygen atoms in total. The van der Waals surface area contributed by atoms with Crippen molar-refractivity contribution in [2.24, 2.45) is 5.92 Å². The summed E-state index contributed by atoms with van der Waals surface area (Å²) in [6.45, 7) is 1.82. The minimum absolute atomic E-state index is 0.0981. The van der Waals surface area contributed by atoms with Crippen LogP contribution in [0.5, 0.6) is 0 Å². The molecule has 0 aliphatic carbocycles. The Hall–Kier alpha value is -0.480. The van der Waals surface area contributed by atoms with E-state index in [0.717, 1.165) is 4.47 Å². The van der Waals surface area contributed by atoms with Gasteiger partial charge >= 0.3 is 0 Å². The fourth-order valence-corrected chi connectivity index (χ4v) is 3.32. The highest BCUT2D eigenvalue weighted by molar-refractivity contribution is 9.10. The van der Waals surface area contributed by atoms with Gasteiger partial charge in [-0.25, -0.2) is 0 Å². The summed E-state index contributed by atoms with van der Waals surface area (Å²) in [5, 5.41) is 0. The van der Waals surface area contributed by atoms with Gasteiger partial charge in [-0.1, -0.05) is 22.9 Å². The van der Waals surface area contributed by atoms with Crippen molar-refractivity contribution >= 4 is 32.5 Å². The summed E-state index contributed by atoms with van der Waals surface area (Å²) in [5.74, 6) is 0.423. The van der Waals surface area contributed by atoms with E-state index < -0.39 is 10.8 Å². The Bertz CT molecular complexity index is 428. The average molecular weight is 273 g/mol. The maximum atomic E-state index is 11.8. The Morgan fingerprint density at radius 1 is 1.50 bits per heavy atom. The maximum Gasteiger partial charge on any atom is 0.167 e.